The van der Waals surface area contributed by atoms with Gasteiger partial charge in [0.1, 0.15) is 17.6 Å². The smallest absolute Gasteiger partial charge is 0.214 e. The number of carbonyl (C=O) groups excluding carboxylic acids is 1. The molecule has 0 bridgehead atoms. The highest BCUT2D eigenvalue weighted by atomic mass is 16.5. The van der Waals surface area contributed by atoms with Gasteiger partial charge in [0.15, 0.2) is 0 Å². The van der Waals surface area contributed by atoms with Crippen molar-refractivity contribution in [2.24, 2.45) is 0 Å². The highest BCUT2D eigenvalue weighted by Gasteiger charge is 2.11. The zero-order valence-corrected chi connectivity index (χ0v) is 8.96. The van der Waals surface area contributed by atoms with E-state index in [1.54, 1.807) is 11.8 Å². The van der Waals surface area contributed by atoms with Crippen LogP contribution in [0.4, 0.5) is 5.69 Å². The van der Waals surface area contributed by atoms with Crippen LogP contribution in [0.25, 0.3) is 0 Å². The summed E-state index contributed by atoms with van der Waals surface area (Å²) in [6, 6.07) is 9.77. The van der Waals surface area contributed by atoms with E-state index < -0.39 is 0 Å². The molecule has 0 aliphatic heterocycles. The number of hydrogen-bond acceptors (Lipinski definition) is 3. The van der Waals surface area contributed by atoms with Gasteiger partial charge in [0.25, 0.3) is 0 Å². The Hall–Kier alpha value is -2.10. The molecule has 0 saturated heterocycles. The summed E-state index contributed by atoms with van der Waals surface area (Å²) in [5.41, 5.74) is 2.48. The van der Waals surface area contributed by atoms with Gasteiger partial charge in [0.2, 0.25) is 6.41 Å². The zero-order chi connectivity index (χ0) is 11.4. The van der Waals surface area contributed by atoms with Crippen LogP contribution in [-0.2, 0) is 11.3 Å². The van der Waals surface area contributed by atoms with E-state index in [1.165, 1.54) is 6.26 Å². The predicted molar refractivity (Wildman–Crippen MR) is 59.9 cm³/mol. The third-order valence-electron chi connectivity index (χ3n) is 2.36. The summed E-state index contributed by atoms with van der Waals surface area (Å²) in [6.45, 7) is 2.33. The van der Waals surface area contributed by atoms with E-state index in [1.807, 2.05) is 30.3 Å². The summed E-state index contributed by atoms with van der Waals surface area (Å²) in [7, 11) is 0. The molecule has 0 aliphatic carbocycles. The van der Waals surface area contributed by atoms with Crippen LogP contribution in [0.5, 0.6) is 0 Å². The molecule has 2 aromatic rings. The second kappa shape index (κ2) is 4.61. The fourth-order valence-corrected chi connectivity index (χ4v) is 1.52. The molecular formula is C12H12N2O2. The van der Waals surface area contributed by atoms with Crippen LogP contribution in [0.1, 0.15) is 11.3 Å². The number of nitrogens with zero attached hydrogens (tertiary/aromatic N) is 2. The molecule has 4 heteroatoms. The maximum absolute atomic E-state index is 11.0. The molecule has 0 N–H and O–H groups in total. The van der Waals surface area contributed by atoms with Crippen molar-refractivity contribution in [1.82, 2.24) is 5.16 Å². The van der Waals surface area contributed by atoms with E-state index in [4.69, 9.17) is 4.52 Å². The molecule has 1 aromatic heterocycles. The second-order valence-corrected chi connectivity index (χ2v) is 3.50. The van der Waals surface area contributed by atoms with Gasteiger partial charge in [-0.1, -0.05) is 35.5 Å². The normalized spacial score (nSPS) is 10.1. The molecule has 0 fully saturated rings. The van der Waals surface area contributed by atoms with Gasteiger partial charge in [0.05, 0.1) is 6.54 Å². The Morgan fingerprint density at radius 2 is 2.12 bits per heavy atom. The predicted octanol–water partition coefficient (Wildman–Crippen LogP) is 2.15. The fourth-order valence-electron chi connectivity index (χ4n) is 1.52. The third-order valence-corrected chi connectivity index (χ3v) is 2.36. The van der Waals surface area contributed by atoms with Gasteiger partial charge in [0, 0.05) is 0 Å². The molecule has 2 rings (SSSR count). The number of amides is 1. The Morgan fingerprint density at radius 3 is 2.69 bits per heavy atom. The Bertz CT molecular complexity index is 465. The Labute approximate surface area is 93.5 Å². The van der Waals surface area contributed by atoms with Gasteiger partial charge in [-0.2, -0.15) is 0 Å². The van der Waals surface area contributed by atoms with Crippen LogP contribution in [0.3, 0.4) is 0 Å². The number of benzene rings is 1. The number of aromatic nitrogens is 1. The lowest BCUT2D eigenvalue weighted by molar-refractivity contribution is -0.107. The van der Waals surface area contributed by atoms with Crippen molar-refractivity contribution in [3.63, 3.8) is 0 Å². The molecular weight excluding hydrogens is 204 g/mol. The lowest BCUT2D eigenvalue weighted by atomic mass is 10.2. The van der Waals surface area contributed by atoms with Crippen molar-refractivity contribution in [3.8, 4) is 0 Å². The van der Waals surface area contributed by atoms with E-state index in [2.05, 4.69) is 5.16 Å². The first-order valence-electron chi connectivity index (χ1n) is 4.98. The molecule has 16 heavy (non-hydrogen) atoms. The quantitative estimate of drug-likeness (QED) is 0.735. The van der Waals surface area contributed by atoms with E-state index in [9.17, 15) is 4.79 Å². The number of carbonyl (C=O) groups is 1. The maximum atomic E-state index is 11.0. The van der Waals surface area contributed by atoms with Crippen molar-refractivity contribution in [1.29, 1.82) is 0 Å². The monoisotopic (exact) mass is 216 g/mol. The van der Waals surface area contributed by atoms with Gasteiger partial charge < -0.3 is 9.42 Å². The largest absolute Gasteiger partial charge is 0.362 e. The molecule has 0 radical (unpaired) electrons. The van der Waals surface area contributed by atoms with E-state index in [0.29, 0.717) is 17.9 Å². The first kappa shape index (κ1) is 10.4. The first-order valence-corrected chi connectivity index (χ1v) is 4.98. The van der Waals surface area contributed by atoms with Crippen molar-refractivity contribution >= 4 is 12.1 Å². The molecule has 1 amide bonds. The van der Waals surface area contributed by atoms with Crippen LogP contribution in [0, 0.1) is 6.92 Å². The van der Waals surface area contributed by atoms with Crippen molar-refractivity contribution in [2.45, 2.75) is 13.5 Å². The SMILES string of the molecule is Cc1nocc1N(C=O)Cc1ccccc1. The summed E-state index contributed by atoms with van der Waals surface area (Å²) in [5.74, 6) is 0. The van der Waals surface area contributed by atoms with Gasteiger partial charge in [-0.3, -0.25) is 4.79 Å². The summed E-state index contributed by atoms with van der Waals surface area (Å²) in [4.78, 5) is 12.6. The highest BCUT2D eigenvalue weighted by molar-refractivity contribution is 5.75. The van der Waals surface area contributed by atoms with Crippen LogP contribution in [-0.4, -0.2) is 11.6 Å². The van der Waals surface area contributed by atoms with Crippen LogP contribution < -0.4 is 4.90 Å². The zero-order valence-electron chi connectivity index (χ0n) is 8.96. The molecule has 82 valence electrons. The van der Waals surface area contributed by atoms with Gasteiger partial charge >= 0.3 is 0 Å². The molecule has 4 nitrogen and oxygen atoms in total. The maximum Gasteiger partial charge on any atom is 0.214 e. The Morgan fingerprint density at radius 1 is 1.38 bits per heavy atom. The molecule has 0 spiro atoms. The standard InChI is InChI=1S/C12H12N2O2/c1-10-12(8-16-13-10)14(9-15)7-11-5-3-2-4-6-11/h2-6,8-9H,7H2,1H3. The topological polar surface area (TPSA) is 46.3 Å². The average Bonchev–Trinajstić information content (AvgIpc) is 2.74. The van der Waals surface area contributed by atoms with E-state index in [0.717, 1.165) is 12.0 Å². The minimum atomic E-state index is 0.520. The number of aryl methyl sites for hydroxylation is 1. The summed E-state index contributed by atoms with van der Waals surface area (Å²) < 4.78 is 4.82. The Kier molecular flexibility index (Phi) is 3.00. The molecule has 0 unspecified atom stereocenters. The number of hydrogen-bond donors (Lipinski definition) is 0. The fraction of sp³-hybridized carbons (Fsp3) is 0.167. The highest BCUT2D eigenvalue weighted by Crippen LogP contribution is 2.19. The summed E-state index contributed by atoms with van der Waals surface area (Å²) in [5, 5.41) is 3.75. The van der Waals surface area contributed by atoms with Crippen molar-refractivity contribution < 1.29 is 9.32 Å². The average molecular weight is 216 g/mol. The Balaban J connectivity index is 2.19. The van der Waals surface area contributed by atoms with Crippen molar-refractivity contribution in [3.05, 3.63) is 47.9 Å². The van der Waals surface area contributed by atoms with Crippen LogP contribution in [0.15, 0.2) is 41.1 Å². The molecule has 1 heterocycles. The van der Waals surface area contributed by atoms with E-state index in [-0.39, 0.29) is 0 Å². The third kappa shape index (κ3) is 2.11. The van der Waals surface area contributed by atoms with Gasteiger partial charge in [-0.05, 0) is 12.5 Å². The van der Waals surface area contributed by atoms with Gasteiger partial charge in [-0.25, -0.2) is 0 Å². The lowest BCUT2D eigenvalue weighted by Gasteiger charge is -2.15. The molecule has 1 aromatic carbocycles. The molecule has 0 aliphatic rings. The molecule has 0 saturated carbocycles. The summed E-state index contributed by atoms with van der Waals surface area (Å²) in [6.07, 6.45) is 2.26. The lowest BCUT2D eigenvalue weighted by Crippen LogP contribution is -2.20. The summed E-state index contributed by atoms with van der Waals surface area (Å²) >= 11 is 0. The minimum Gasteiger partial charge on any atom is -0.362 e. The minimum absolute atomic E-state index is 0.520. The van der Waals surface area contributed by atoms with Crippen LogP contribution >= 0.6 is 0 Å². The first-order chi connectivity index (χ1) is 7.81. The second-order valence-electron chi connectivity index (χ2n) is 3.50. The van der Waals surface area contributed by atoms with Gasteiger partial charge in [-0.15, -0.1) is 0 Å². The van der Waals surface area contributed by atoms with Crippen molar-refractivity contribution in [2.75, 3.05) is 4.90 Å². The molecule has 0 atom stereocenters. The van der Waals surface area contributed by atoms with Crippen LogP contribution in [0.2, 0.25) is 0 Å². The number of anilines is 1. The van der Waals surface area contributed by atoms with E-state index >= 15 is 0 Å². The number of rotatable bonds is 4.